The Balaban J connectivity index is 1.44. The fourth-order valence-corrected chi connectivity index (χ4v) is 7.53. The first-order valence-electron chi connectivity index (χ1n) is 11.3. The van der Waals surface area contributed by atoms with Crippen molar-refractivity contribution in [2.45, 2.75) is 71.3 Å². The maximum atomic E-state index is 13.2. The minimum atomic E-state index is -2.49. The standard InChI is InChI=1S/C25H30F2N2O/c1-24-9-7-18(29-30)12-17(24)3-4-19-21-6-5-20(25(21,2)10-8-22(19)24)15-11-16(23(26)27)14-28-13-15/h5,11-14,18-19,21-23H,3-4,6-10H2,1-2H3/t18?,19-,21-,22-,24-,25+/m0/s1. The summed E-state index contributed by atoms with van der Waals surface area (Å²) >= 11 is 0. The highest BCUT2D eigenvalue weighted by Crippen LogP contribution is 2.66. The first-order chi connectivity index (χ1) is 14.4. The van der Waals surface area contributed by atoms with E-state index in [2.05, 4.69) is 36.2 Å². The van der Waals surface area contributed by atoms with Crippen LogP contribution in [0, 0.1) is 33.5 Å². The Morgan fingerprint density at radius 3 is 2.67 bits per heavy atom. The van der Waals surface area contributed by atoms with E-state index in [0.29, 0.717) is 17.8 Å². The summed E-state index contributed by atoms with van der Waals surface area (Å²) < 4.78 is 26.5. The van der Waals surface area contributed by atoms with Gasteiger partial charge in [0.25, 0.3) is 6.43 Å². The maximum Gasteiger partial charge on any atom is 0.265 e. The first-order valence-corrected chi connectivity index (χ1v) is 11.3. The average Bonchev–Trinajstić information content (AvgIpc) is 3.10. The SMILES string of the molecule is C[C@]12CCC(N=O)C=C1CC[C@@H]1[C@@H]2CC[C@]2(C)C(c3cncc(C(F)F)c3)=CC[C@@H]12. The molecule has 5 rings (SSSR count). The molecule has 5 heteroatoms. The number of nitroso groups, excluding NO2 is 1. The fourth-order valence-electron chi connectivity index (χ4n) is 7.53. The number of nitrogens with zero attached hydrogens (tertiary/aromatic N) is 2. The van der Waals surface area contributed by atoms with Crippen LogP contribution in [0.1, 0.15) is 76.3 Å². The van der Waals surface area contributed by atoms with Crippen LogP contribution in [0.4, 0.5) is 8.78 Å². The van der Waals surface area contributed by atoms with Gasteiger partial charge in [0, 0.05) is 18.0 Å². The summed E-state index contributed by atoms with van der Waals surface area (Å²) in [4.78, 5) is 15.2. The van der Waals surface area contributed by atoms with Gasteiger partial charge >= 0.3 is 0 Å². The van der Waals surface area contributed by atoms with Gasteiger partial charge in [-0.1, -0.05) is 36.7 Å². The van der Waals surface area contributed by atoms with Crippen LogP contribution in [-0.2, 0) is 0 Å². The number of hydrogen-bond acceptors (Lipinski definition) is 3. The normalized spacial score (nSPS) is 40.2. The van der Waals surface area contributed by atoms with Crippen LogP contribution in [0.3, 0.4) is 0 Å². The van der Waals surface area contributed by atoms with E-state index in [0.717, 1.165) is 50.5 Å². The smallest absolute Gasteiger partial charge is 0.264 e. The monoisotopic (exact) mass is 412 g/mol. The predicted molar refractivity (Wildman–Crippen MR) is 114 cm³/mol. The second-order valence-electron chi connectivity index (χ2n) is 10.4. The van der Waals surface area contributed by atoms with Gasteiger partial charge in [-0.25, -0.2) is 8.78 Å². The molecule has 0 aliphatic heterocycles. The number of fused-ring (bicyclic) bond motifs is 5. The molecule has 1 unspecified atom stereocenters. The molecular weight excluding hydrogens is 382 g/mol. The van der Waals surface area contributed by atoms with Gasteiger partial charge in [-0.2, -0.15) is 4.91 Å². The summed E-state index contributed by atoms with van der Waals surface area (Å²) in [5, 5.41) is 3.31. The molecule has 4 aliphatic carbocycles. The molecule has 6 atom stereocenters. The number of allylic oxidation sites excluding steroid dienone is 3. The van der Waals surface area contributed by atoms with Gasteiger partial charge in [-0.05, 0) is 90.7 Å². The Morgan fingerprint density at radius 2 is 1.90 bits per heavy atom. The Kier molecular flexibility index (Phi) is 4.71. The molecule has 0 bridgehead atoms. The minimum Gasteiger partial charge on any atom is -0.264 e. The molecule has 0 aromatic carbocycles. The van der Waals surface area contributed by atoms with Gasteiger partial charge in [0.2, 0.25) is 0 Å². The van der Waals surface area contributed by atoms with E-state index in [4.69, 9.17) is 0 Å². The molecule has 0 spiro atoms. The van der Waals surface area contributed by atoms with E-state index in [1.807, 2.05) is 0 Å². The van der Waals surface area contributed by atoms with Gasteiger partial charge in [0.15, 0.2) is 0 Å². The topological polar surface area (TPSA) is 42.3 Å². The molecule has 1 aromatic rings. The van der Waals surface area contributed by atoms with E-state index in [-0.39, 0.29) is 22.4 Å². The second-order valence-corrected chi connectivity index (χ2v) is 10.4. The second kappa shape index (κ2) is 7.06. The van der Waals surface area contributed by atoms with Crippen LogP contribution in [0.25, 0.3) is 5.57 Å². The van der Waals surface area contributed by atoms with Crippen LogP contribution in [0.5, 0.6) is 0 Å². The molecule has 2 fully saturated rings. The van der Waals surface area contributed by atoms with Crippen molar-refractivity contribution in [1.82, 2.24) is 4.98 Å². The average molecular weight is 413 g/mol. The molecule has 0 radical (unpaired) electrons. The van der Waals surface area contributed by atoms with Gasteiger partial charge in [0.1, 0.15) is 6.04 Å². The van der Waals surface area contributed by atoms with E-state index < -0.39 is 6.43 Å². The van der Waals surface area contributed by atoms with Crippen molar-refractivity contribution in [1.29, 1.82) is 0 Å². The third-order valence-corrected chi connectivity index (χ3v) is 9.13. The third-order valence-electron chi connectivity index (χ3n) is 9.13. The molecule has 0 N–H and O–H groups in total. The molecular formula is C25H30F2N2O. The quantitative estimate of drug-likeness (QED) is 0.392. The van der Waals surface area contributed by atoms with Gasteiger partial charge in [-0.15, -0.1) is 0 Å². The predicted octanol–water partition coefficient (Wildman–Crippen LogP) is 7.11. The number of pyridine rings is 1. The van der Waals surface area contributed by atoms with Crippen molar-refractivity contribution in [3.63, 3.8) is 0 Å². The van der Waals surface area contributed by atoms with Gasteiger partial charge < -0.3 is 0 Å². The summed E-state index contributed by atoms with van der Waals surface area (Å²) in [5.41, 5.74) is 3.78. The van der Waals surface area contributed by atoms with E-state index in [9.17, 15) is 13.7 Å². The van der Waals surface area contributed by atoms with Crippen molar-refractivity contribution >= 4 is 5.57 Å². The minimum absolute atomic E-state index is 0.00893. The molecule has 30 heavy (non-hydrogen) atoms. The van der Waals surface area contributed by atoms with E-state index in [1.54, 1.807) is 12.3 Å². The molecule has 1 aromatic heterocycles. The summed E-state index contributed by atoms with van der Waals surface area (Å²) in [5.74, 6) is 1.84. The summed E-state index contributed by atoms with van der Waals surface area (Å²) in [6.45, 7) is 4.77. The lowest BCUT2D eigenvalue weighted by molar-refractivity contribution is -0.0226. The van der Waals surface area contributed by atoms with Crippen molar-refractivity contribution in [3.8, 4) is 0 Å². The highest BCUT2D eigenvalue weighted by molar-refractivity contribution is 5.72. The lowest BCUT2D eigenvalue weighted by Crippen LogP contribution is -2.50. The van der Waals surface area contributed by atoms with Crippen molar-refractivity contribution in [2.75, 3.05) is 0 Å². The molecule has 0 amide bonds. The highest BCUT2D eigenvalue weighted by Gasteiger charge is 2.57. The molecule has 0 saturated heterocycles. The number of hydrogen-bond donors (Lipinski definition) is 0. The number of aromatic nitrogens is 1. The number of halogens is 2. The summed E-state index contributed by atoms with van der Waals surface area (Å²) in [6, 6.07) is 1.49. The van der Waals surface area contributed by atoms with E-state index >= 15 is 0 Å². The number of alkyl halides is 2. The Bertz CT molecular complexity index is 925. The van der Waals surface area contributed by atoms with Crippen LogP contribution >= 0.6 is 0 Å². The van der Waals surface area contributed by atoms with E-state index in [1.165, 1.54) is 17.3 Å². The van der Waals surface area contributed by atoms with Gasteiger partial charge in [-0.3, -0.25) is 4.98 Å². The molecule has 160 valence electrons. The maximum absolute atomic E-state index is 13.2. The molecule has 3 nitrogen and oxygen atoms in total. The molecule has 1 heterocycles. The zero-order valence-electron chi connectivity index (χ0n) is 17.8. The molecule has 2 saturated carbocycles. The Morgan fingerprint density at radius 1 is 1.10 bits per heavy atom. The summed E-state index contributed by atoms with van der Waals surface area (Å²) in [7, 11) is 0. The largest absolute Gasteiger partial charge is 0.265 e. The zero-order chi connectivity index (χ0) is 21.1. The van der Waals surface area contributed by atoms with Crippen LogP contribution in [0.15, 0.2) is 41.4 Å². The van der Waals surface area contributed by atoms with Crippen molar-refractivity contribution < 1.29 is 8.78 Å². The van der Waals surface area contributed by atoms with Crippen molar-refractivity contribution in [3.05, 3.63) is 52.2 Å². The fraction of sp³-hybridized carbons (Fsp3) is 0.640. The number of rotatable bonds is 3. The van der Waals surface area contributed by atoms with Crippen molar-refractivity contribution in [2.24, 2.45) is 33.8 Å². The Labute approximate surface area is 177 Å². The highest BCUT2D eigenvalue weighted by atomic mass is 19.3. The lowest BCUT2D eigenvalue weighted by atomic mass is 9.46. The lowest BCUT2D eigenvalue weighted by Gasteiger charge is -2.58. The zero-order valence-corrected chi connectivity index (χ0v) is 17.8. The summed E-state index contributed by atoms with van der Waals surface area (Å²) in [6.07, 6.45) is 12.4. The van der Waals surface area contributed by atoms with Crippen LogP contribution in [0.2, 0.25) is 0 Å². The Hall–Kier alpha value is -1.91. The third kappa shape index (κ3) is 2.84. The van der Waals surface area contributed by atoms with Crippen LogP contribution < -0.4 is 0 Å². The van der Waals surface area contributed by atoms with Crippen LogP contribution in [-0.4, -0.2) is 11.0 Å². The van der Waals surface area contributed by atoms with Gasteiger partial charge in [0.05, 0.1) is 0 Å². The first kappa shape index (κ1) is 20.0. The molecule has 4 aliphatic rings.